The van der Waals surface area contributed by atoms with E-state index >= 15 is 0 Å². The second kappa shape index (κ2) is 13.1. The number of rotatable bonds is 13. The molecule has 0 spiro atoms. The Labute approximate surface area is 229 Å². The maximum atomic E-state index is 14.0. The average Bonchev–Trinajstić information content (AvgIpc) is 2.95. The molecule has 0 saturated carbocycles. The van der Waals surface area contributed by atoms with E-state index in [-0.39, 0.29) is 22.1 Å². The van der Waals surface area contributed by atoms with Crippen molar-refractivity contribution in [3.8, 4) is 28.7 Å². The van der Waals surface area contributed by atoms with Gasteiger partial charge in [0.1, 0.15) is 23.8 Å². The number of hydrogen-bond acceptors (Lipinski definition) is 8. The first kappa shape index (κ1) is 29.4. The quantitative estimate of drug-likeness (QED) is 0.332. The molecule has 0 fully saturated rings. The number of carbonyl (C=O) groups excluding carboxylic acids is 1. The number of anilines is 1. The van der Waals surface area contributed by atoms with Crippen LogP contribution in [0.15, 0.2) is 65.6 Å². The molecular weight excluding hydrogens is 524 g/mol. The van der Waals surface area contributed by atoms with Crippen LogP contribution in [0.25, 0.3) is 0 Å². The van der Waals surface area contributed by atoms with Gasteiger partial charge in [-0.1, -0.05) is 12.1 Å². The predicted molar refractivity (Wildman–Crippen MR) is 148 cm³/mol. The summed E-state index contributed by atoms with van der Waals surface area (Å²) < 4.78 is 55.8. The van der Waals surface area contributed by atoms with E-state index < -0.39 is 28.5 Å². The van der Waals surface area contributed by atoms with Gasteiger partial charge in [0.15, 0.2) is 11.5 Å². The second-order valence-corrected chi connectivity index (χ2v) is 10.2. The lowest BCUT2D eigenvalue weighted by Crippen LogP contribution is -2.41. The van der Waals surface area contributed by atoms with Gasteiger partial charge >= 0.3 is 0 Å². The number of sulfonamides is 1. The molecule has 0 aliphatic heterocycles. The van der Waals surface area contributed by atoms with Crippen LogP contribution in [-0.4, -0.2) is 55.9 Å². The summed E-state index contributed by atoms with van der Waals surface area (Å²) in [4.78, 5) is 13.2. The fourth-order valence-corrected chi connectivity index (χ4v) is 5.36. The van der Waals surface area contributed by atoms with Gasteiger partial charge in [0.05, 0.1) is 51.7 Å². The first-order chi connectivity index (χ1) is 18.7. The molecule has 0 aromatic heterocycles. The summed E-state index contributed by atoms with van der Waals surface area (Å²) in [5, 5.41) is 2.88. The molecule has 3 aromatic rings. The van der Waals surface area contributed by atoms with Crippen LogP contribution >= 0.6 is 0 Å². The van der Waals surface area contributed by atoms with Crippen LogP contribution in [0.5, 0.6) is 28.7 Å². The zero-order valence-corrected chi connectivity index (χ0v) is 23.7. The molecule has 1 N–H and O–H groups in total. The summed E-state index contributed by atoms with van der Waals surface area (Å²) >= 11 is 0. The van der Waals surface area contributed by atoms with Crippen molar-refractivity contribution in [1.82, 2.24) is 5.32 Å². The topological polar surface area (TPSA) is 113 Å². The Balaban J connectivity index is 2.00. The molecule has 39 heavy (non-hydrogen) atoms. The van der Waals surface area contributed by atoms with Crippen LogP contribution in [-0.2, 0) is 14.8 Å². The van der Waals surface area contributed by atoms with Gasteiger partial charge in [-0.15, -0.1) is 0 Å². The molecule has 0 aliphatic rings. The van der Waals surface area contributed by atoms with Crippen molar-refractivity contribution in [3.63, 3.8) is 0 Å². The first-order valence-electron chi connectivity index (χ1n) is 12.2. The number of nitrogens with one attached hydrogen (secondary N) is 1. The number of methoxy groups -OCH3 is 4. The highest BCUT2D eigenvalue weighted by atomic mass is 32.2. The molecule has 0 bridgehead atoms. The Hall–Kier alpha value is -4.12. The molecule has 0 radical (unpaired) electrons. The van der Waals surface area contributed by atoms with Gasteiger partial charge in [-0.25, -0.2) is 8.42 Å². The van der Waals surface area contributed by atoms with Crippen molar-refractivity contribution in [2.24, 2.45) is 0 Å². The van der Waals surface area contributed by atoms with Crippen molar-refractivity contribution in [2.45, 2.75) is 24.8 Å². The van der Waals surface area contributed by atoms with Crippen LogP contribution < -0.4 is 33.3 Å². The summed E-state index contributed by atoms with van der Waals surface area (Å²) in [6, 6.07) is 15.9. The van der Waals surface area contributed by atoms with Gasteiger partial charge in [0.25, 0.3) is 10.0 Å². The zero-order valence-electron chi connectivity index (χ0n) is 22.9. The van der Waals surface area contributed by atoms with Gasteiger partial charge in [0.2, 0.25) is 5.91 Å². The molecular formula is C28H34N2O8S. The van der Waals surface area contributed by atoms with E-state index in [1.54, 1.807) is 12.1 Å². The summed E-state index contributed by atoms with van der Waals surface area (Å²) in [6.07, 6.45) is 0. The Morgan fingerprint density at radius 1 is 0.821 bits per heavy atom. The lowest BCUT2D eigenvalue weighted by atomic mass is 10.1. The fourth-order valence-electron chi connectivity index (χ4n) is 3.92. The normalized spacial score (nSPS) is 11.7. The predicted octanol–water partition coefficient (Wildman–Crippen LogP) is 4.19. The Bertz CT molecular complexity index is 1380. The molecule has 0 unspecified atom stereocenters. The highest BCUT2D eigenvalue weighted by Gasteiger charge is 2.31. The van der Waals surface area contributed by atoms with Crippen molar-refractivity contribution in [1.29, 1.82) is 0 Å². The summed E-state index contributed by atoms with van der Waals surface area (Å²) in [5.74, 6) is 1.42. The third kappa shape index (κ3) is 6.85. The van der Waals surface area contributed by atoms with Crippen LogP contribution in [0.4, 0.5) is 5.69 Å². The zero-order chi connectivity index (χ0) is 28.6. The Kier molecular flexibility index (Phi) is 9.89. The molecule has 0 aliphatic carbocycles. The Morgan fingerprint density at radius 2 is 1.44 bits per heavy atom. The molecule has 3 rings (SSSR count). The van der Waals surface area contributed by atoms with Crippen molar-refractivity contribution >= 4 is 21.6 Å². The molecule has 10 nitrogen and oxygen atoms in total. The van der Waals surface area contributed by atoms with E-state index in [0.717, 1.165) is 15.6 Å². The molecule has 11 heteroatoms. The monoisotopic (exact) mass is 558 g/mol. The van der Waals surface area contributed by atoms with Crippen molar-refractivity contribution in [2.75, 3.05) is 45.9 Å². The maximum absolute atomic E-state index is 14.0. The van der Waals surface area contributed by atoms with Crippen LogP contribution in [0, 0.1) is 0 Å². The van der Waals surface area contributed by atoms with Gasteiger partial charge < -0.3 is 29.0 Å². The summed E-state index contributed by atoms with van der Waals surface area (Å²) in [7, 11) is 1.45. The molecule has 0 saturated heterocycles. The van der Waals surface area contributed by atoms with Gasteiger partial charge in [-0.2, -0.15) is 0 Å². The van der Waals surface area contributed by atoms with Crippen molar-refractivity contribution in [3.05, 3.63) is 66.2 Å². The average molecular weight is 559 g/mol. The number of hydrogen-bond donors (Lipinski definition) is 1. The van der Waals surface area contributed by atoms with E-state index in [2.05, 4.69) is 5.32 Å². The number of ether oxygens (including phenoxy) is 5. The summed E-state index contributed by atoms with van der Waals surface area (Å²) in [5.41, 5.74) is 0.968. The number of amides is 1. The van der Waals surface area contributed by atoms with E-state index in [1.165, 1.54) is 52.7 Å². The maximum Gasteiger partial charge on any atom is 0.265 e. The minimum atomic E-state index is -4.29. The SMILES string of the molecule is CCOc1ccc([C@@H](C)NC(=O)CN(c2cc(OC)ccc2OC)S(=O)(=O)c2ccc(OC)c(OC)c2)cc1. The standard InChI is InChI=1S/C28H34N2O8S/c1-7-38-21-10-8-20(9-11-21)19(2)29-28(31)18-30(24-16-22(34-3)12-14-25(24)35-4)39(32,33)23-13-15-26(36-5)27(17-23)37-6/h8-17,19H,7,18H2,1-6H3,(H,29,31)/t19-/m1/s1. The molecule has 1 atom stereocenters. The fraction of sp³-hybridized carbons (Fsp3) is 0.321. The smallest absolute Gasteiger partial charge is 0.265 e. The van der Waals surface area contributed by atoms with E-state index in [4.69, 9.17) is 23.7 Å². The van der Waals surface area contributed by atoms with Gasteiger partial charge in [-0.05, 0) is 55.8 Å². The molecule has 210 valence electrons. The summed E-state index contributed by atoms with van der Waals surface area (Å²) in [6.45, 7) is 3.73. The molecule has 0 heterocycles. The highest BCUT2D eigenvalue weighted by Crippen LogP contribution is 2.37. The van der Waals surface area contributed by atoms with Crippen molar-refractivity contribution < 1.29 is 36.9 Å². The lowest BCUT2D eigenvalue weighted by Gasteiger charge is -2.27. The van der Waals surface area contributed by atoms with Gasteiger partial charge in [0, 0.05) is 12.1 Å². The van der Waals surface area contributed by atoms with Crippen LogP contribution in [0.2, 0.25) is 0 Å². The third-order valence-corrected chi connectivity index (χ3v) is 7.71. The number of benzene rings is 3. The third-order valence-electron chi connectivity index (χ3n) is 5.95. The molecule has 3 aromatic carbocycles. The van der Waals surface area contributed by atoms with E-state index in [0.29, 0.717) is 18.1 Å². The van der Waals surface area contributed by atoms with Crippen LogP contribution in [0.1, 0.15) is 25.5 Å². The lowest BCUT2D eigenvalue weighted by molar-refractivity contribution is -0.120. The number of nitrogens with zero attached hydrogens (tertiary/aromatic N) is 1. The second-order valence-electron chi connectivity index (χ2n) is 8.36. The Morgan fingerprint density at radius 3 is 2.03 bits per heavy atom. The van der Waals surface area contributed by atoms with E-state index in [1.807, 2.05) is 38.1 Å². The number of carbonyl (C=O) groups is 1. The van der Waals surface area contributed by atoms with E-state index in [9.17, 15) is 13.2 Å². The first-order valence-corrected chi connectivity index (χ1v) is 13.6. The molecule has 1 amide bonds. The highest BCUT2D eigenvalue weighted by molar-refractivity contribution is 7.92. The minimum absolute atomic E-state index is 0.0996. The largest absolute Gasteiger partial charge is 0.497 e. The van der Waals surface area contributed by atoms with Crippen LogP contribution in [0.3, 0.4) is 0 Å². The van der Waals surface area contributed by atoms with Gasteiger partial charge in [-0.3, -0.25) is 9.10 Å². The minimum Gasteiger partial charge on any atom is -0.497 e.